The van der Waals surface area contributed by atoms with Crippen LogP contribution in [0.5, 0.6) is 0 Å². The predicted octanol–water partition coefficient (Wildman–Crippen LogP) is 5.65. The van der Waals surface area contributed by atoms with Crippen LogP contribution < -0.4 is 21.3 Å². The first-order valence-corrected chi connectivity index (χ1v) is 13.9. The molecule has 0 aliphatic rings. The molecule has 34 heavy (non-hydrogen) atoms. The number of benzene rings is 2. The largest absolute Gasteiger partial charge is 0.317 e. The average molecular weight is 467 g/mol. The van der Waals surface area contributed by atoms with Gasteiger partial charge in [-0.3, -0.25) is 0 Å². The van der Waals surface area contributed by atoms with Crippen LogP contribution in [-0.2, 0) is 13.1 Å². The summed E-state index contributed by atoms with van der Waals surface area (Å²) >= 11 is 0. The summed E-state index contributed by atoms with van der Waals surface area (Å²) in [6.07, 6.45) is 13.4. The van der Waals surface area contributed by atoms with Crippen molar-refractivity contribution in [3.63, 3.8) is 0 Å². The molecule has 2 rings (SSSR count). The van der Waals surface area contributed by atoms with E-state index in [2.05, 4.69) is 81.9 Å². The zero-order chi connectivity index (χ0) is 23.8. The summed E-state index contributed by atoms with van der Waals surface area (Å²) in [6, 6.07) is 21.3. The fourth-order valence-corrected chi connectivity index (χ4v) is 4.14. The summed E-state index contributed by atoms with van der Waals surface area (Å²) in [5.74, 6) is 0. The fraction of sp³-hybridized carbons (Fsp3) is 0.600. The van der Waals surface area contributed by atoms with Gasteiger partial charge < -0.3 is 21.3 Å². The third-order valence-corrected chi connectivity index (χ3v) is 6.22. The normalized spacial score (nSPS) is 11.2. The Morgan fingerprint density at radius 3 is 1.06 bits per heavy atom. The Labute approximate surface area is 209 Å². The summed E-state index contributed by atoms with van der Waals surface area (Å²) in [5, 5.41) is 14.2. The molecule has 0 aliphatic carbocycles. The van der Waals surface area contributed by atoms with E-state index < -0.39 is 0 Å². The van der Waals surface area contributed by atoms with Crippen molar-refractivity contribution in [3.05, 3.63) is 71.8 Å². The van der Waals surface area contributed by atoms with Crippen molar-refractivity contribution in [3.8, 4) is 0 Å². The Morgan fingerprint density at radius 1 is 0.324 bits per heavy atom. The number of hydrogen-bond acceptors (Lipinski definition) is 4. The molecule has 4 nitrogen and oxygen atoms in total. The zero-order valence-corrected chi connectivity index (χ0v) is 21.5. The second-order valence-corrected chi connectivity index (χ2v) is 9.36. The van der Waals surface area contributed by atoms with Crippen LogP contribution in [0.15, 0.2) is 60.7 Å². The average Bonchev–Trinajstić information content (AvgIpc) is 2.88. The van der Waals surface area contributed by atoms with E-state index in [4.69, 9.17) is 0 Å². The lowest BCUT2D eigenvalue weighted by molar-refractivity contribution is 0.529. The first-order valence-electron chi connectivity index (χ1n) is 13.9. The van der Waals surface area contributed by atoms with Crippen LogP contribution in [-0.4, -0.2) is 39.3 Å². The molecule has 0 aliphatic heterocycles. The molecule has 0 saturated carbocycles. The Morgan fingerprint density at radius 2 is 0.647 bits per heavy atom. The van der Waals surface area contributed by atoms with Crippen LogP contribution in [0.1, 0.15) is 75.3 Å². The quantitative estimate of drug-likeness (QED) is 0.160. The molecular formula is C30H50N4. The van der Waals surface area contributed by atoms with Gasteiger partial charge in [0.25, 0.3) is 0 Å². The minimum Gasteiger partial charge on any atom is -0.317 e. The highest BCUT2D eigenvalue weighted by Crippen LogP contribution is 2.08. The molecule has 0 atom stereocenters. The van der Waals surface area contributed by atoms with Crippen LogP contribution in [0.3, 0.4) is 0 Å². The first-order chi connectivity index (χ1) is 16.9. The van der Waals surface area contributed by atoms with Crippen LogP contribution in [0, 0.1) is 0 Å². The molecule has 190 valence electrons. The van der Waals surface area contributed by atoms with Gasteiger partial charge in [-0.2, -0.15) is 0 Å². The highest BCUT2D eigenvalue weighted by Gasteiger charge is 1.95. The molecule has 4 heteroatoms. The van der Waals surface area contributed by atoms with Crippen molar-refractivity contribution in [1.82, 2.24) is 21.3 Å². The fourth-order valence-electron chi connectivity index (χ4n) is 4.14. The highest BCUT2D eigenvalue weighted by atomic mass is 14.9. The predicted molar refractivity (Wildman–Crippen MR) is 148 cm³/mol. The Bertz CT molecular complexity index is 603. The minimum absolute atomic E-state index is 0.977. The first kappa shape index (κ1) is 28.5. The van der Waals surface area contributed by atoms with Crippen LogP contribution in [0.4, 0.5) is 0 Å². The van der Waals surface area contributed by atoms with Gasteiger partial charge in [0.1, 0.15) is 0 Å². The lowest BCUT2D eigenvalue weighted by atomic mass is 10.1. The van der Waals surface area contributed by atoms with E-state index in [1.807, 2.05) is 0 Å². The van der Waals surface area contributed by atoms with Crippen LogP contribution >= 0.6 is 0 Å². The number of nitrogens with one attached hydrogen (secondary N) is 4. The molecule has 0 radical (unpaired) electrons. The van der Waals surface area contributed by atoms with Gasteiger partial charge in [0.2, 0.25) is 0 Å². The van der Waals surface area contributed by atoms with Crippen molar-refractivity contribution in [1.29, 1.82) is 0 Å². The number of unbranched alkanes of at least 4 members (excludes halogenated alkanes) is 7. The molecule has 2 aromatic rings. The van der Waals surface area contributed by atoms with Gasteiger partial charge in [-0.05, 0) is 76.1 Å². The lowest BCUT2D eigenvalue weighted by Gasteiger charge is -2.07. The third kappa shape index (κ3) is 16.8. The van der Waals surface area contributed by atoms with Crippen LogP contribution in [0.2, 0.25) is 0 Å². The maximum Gasteiger partial charge on any atom is 0.0205 e. The highest BCUT2D eigenvalue weighted by molar-refractivity contribution is 5.14. The van der Waals surface area contributed by atoms with E-state index in [1.54, 1.807) is 0 Å². The van der Waals surface area contributed by atoms with Gasteiger partial charge in [-0.25, -0.2) is 0 Å². The Hall–Kier alpha value is -1.72. The summed E-state index contributed by atoms with van der Waals surface area (Å²) in [7, 11) is 0. The molecule has 4 N–H and O–H groups in total. The molecular weight excluding hydrogens is 416 g/mol. The molecule has 0 spiro atoms. The van der Waals surface area contributed by atoms with E-state index in [0.717, 1.165) is 39.3 Å². The van der Waals surface area contributed by atoms with Gasteiger partial charge in [-0.1, -0.05) is 99.2 Å². The molecule has 0 bridgehead atoms. The summed E-state index contributed by atoms with van der Waals surface area (Å²) in [6.45, 7) is 8.72. The number of hydrogen-bond donors (Lipinski definition) is 4. The monoisotopic (exact) mass is 466 g/mol. The van der Waals surface area contributed by atoms with E-state index in [-0.39, 0.29) is 0 Å². The maximum atomic E-state index is 3.59. The topological polar surface area (TPSA) is 48.1 Å². The van der Waals surface area contributed by atoms with Crippen molar-refractivity contribution in [2.45, 2.75) is 77.3 Å². The summed E-state index contributed by atoms with van der Waals surface area (Å²) < 4.78 is 0. The van der Waals surface area contributed by atoms with E-state index in [9.17, 15) is 0 Å². The van der Waals surface area contributed by atoms with Gasteiger partial charge in [0.05, 0.1) is 0 Å². The Kier molecular flexibility index (Phi) is 18.3. The zero-order valence-electron chi connectivity index (χ0n) is 21.5. The maximum absolute atomic E-state index is 3.59. The van der Waals surface area contributed by atoms with Crippen molar-refractivity contribution < 1.29 is 0 Å². The number of rotatable bonds is 23. The van der Waals surface area contributed by atoms with Gasteiger partial charge in [0, 0.05) is 13.1 Å². The lowest BCUT2D eigenvalue weighted by Crippen LogP contribution is -2.22. The van der Waals surface area contributed by atoms with Gasteiger partial charge >= 0.3 is 0 Å². The minimum atomic E-state index is 0.977. The third-order valence-electron chi connectivity index (χ3n) is 6.22. The van der Waals surface area contributed by atoms with Crippen molar-refractivity contribution in [2.24, 2.45) is 0 Å². The smallest absolute Gasteiger partial charge is 0.0205 e. The molecule has 0 fully saturated rings. The molecule has 0 amide bonds. The van der Waals surface area contributed by atoms with Crippen LogP contribution in [0.25, 0.3) is 0 Å². The standard InChI is InChI=1S/C30H50N4/c1(3-5-13-21-31-23-15-25-33-27-29-17-9-7-10-18-29)2-4-6-14-22-32-24-16-26-34-28-30-19-11-8-12-20-30/h7-12,17-20,31-34H,1-6,13-16,21-28H2. The van der Waals surface area contributed by atoms with Crippen molar-refractivity contribution >= 4 is 0 Å². The Balaban J connectivity index is 1.19. The van der Waals surface area contributed by atoms with Crippen molar-refractivity contribution in [2.75, 3.05) is 39.3 Å². The SMILES string of the molecule is c1ccc(CNCCCNCCCCCCCCCCNCCCNCc2ccccc2)cc1. The molecule has 0 saturated heterocycles. The molecule has 2 aromatic carbocycles. The second kappa shape index (κ2) is 21.8. The van der Waals surface area contributed by atoms with Gasteiger partial charge in [0.15, 0.2) is 0 Å². The van der Waals surface area contributed by atoms with Gasteiger partial charge in [-0.15, -0.1) is 0 Å². The molecule has 0 aromatic heterocycles. The summed E-state index contributed by atoms with van der Waals surface area (Å²) in [4.78, 5) is 0. The molecule has 0 heterocycles. The summed E-state index contributed by atoms with van der Waals surface area (Å²) in [5.41, 5.74) is 2.73. The second-order valence-electron chi connectivity index (χ2n) is 9.36. The molecule has 0 unspecified atom stereocenters. The van der Waals surface area contributed by atoms with E-state index >= 15 is 0 Å². The van der Waals surface area contributed by atoms with E-state index in [0.29, 0.717) is 0 Å². The van der Waals surface area contributed by atoms with E-state index in [1.165, 1.54) is 88.4 Å².